The van der Waals surface area contributed by atoms with Crippen molar-refractivity contribution in [3.05, 3.63) is 12.7 Å². The molecule has 0 atom stereocenters. The van der Waals surface area contributed by atoms with Crippen molar-refractivity contribution < 1.29 is 4.79 Å². The number of hydrogen-bond acceptors (Lipinski definition) is 1. The maximum absolute atomic E-state index is 10.0. The van der Waals surface area contributed by atoms with E-state index in [2.05, 4.69) is 6.58 Å². The molecule has 4 heteroatoms. The van der Waals surface area contributed by atoms with Crippen LogP contribution in [0.5, 0.6) is 0 Å². The SMILES string of the molecule is C=CCN(Cl)C(=O)Cl. The maximum atomic E-state index is 10.0. The second kappa shape index (κ2) is 3.75. The Balaban J connectivity index is 3.46. The van der Waals surface area contributed by atoms with Crippen LogP contribution >= 0.6 is 23.4 Å². The van der Waals surface area contributed by atoms with Crippen LogP contribution in [0, 0.1) is 0 Å². The monoisotopic (exact) mass is 153 g/mol. The maximum Gasteiger partial charge on any atom is 0.331 e. The summed E-state index contributed by atoms with van der Waals surface area (Å²) in [7, 11) is 0. The zero-order chi connectivity index (χ0) is 6.57. The van der Waals surface area contributed by atoms with Crippen molar-refractivity contribution in [2.75, 3.05) is 6.54 Å². The fraction of sp³-hybridized carbons (Fsp3) is 0.250. The summed E-state index contributed by atoms with van der Waals surface area (Å²) in [5, 5.41) is -0.688. The molecule has 2 nitrogen and oxygen atoms in total. The second-order valence-electron chi connectivity index (χ2n) is 1.09. The van der Waals surface area contributed by atoms with Gasteiger partial charge in [-0.25, -0.2) is 4.42 Å². The lowest BCUT2D eigenvalue weighted by atomic mass is 10.6. The number of nitrogens with zero attached hydrogens (tertiary/aromatic N) is 1. The predicted octanol–water partition coefficient (Wildman–Crippen LogP) is 1.99. The summed E-state index contributed by atoms with van der Waals surface area (Å²) >= 11 is 10.1. The van der Waals surface area contributed by atoms with Gasteiger partial charge < -0.3 is 0 Å². The molecule has 0 rings (SSSR count). The van der Waals surface area contributed by atoms with Crippen molar-refractivity contribution in [3.63, 3.8) is 0 Å². The highest BCUT2D eigenvalue weighted by Gasteiger charge is 2.01. The van der Waals surface area contributed by atoms with E-state index in [4.69, 9.17) is 23.4 Å². The fourth-order valence-electron chi connectivity index (χ4n) is 0.185. The molecule has 46 valence electrons. The molecule has 0 aromatic heterocycles. The Kier molecular flexibility index (Phi) is 3.65. The highest BCUT2D eigenvalue weighted by Crippen LogP contribution is 1.98. The van der Waals surface area contributed by atoms with E-state index in [0.717, 1.165) is 4.42 Å². The average Bonchev–Trinajstić information content (AvgIpc) is 1.67. The largest absolute Gasteiger partial charge is 0.331 e. The molecule has 0 unspecified atom stereocenters. The lowest BCUT2D eigenvalue weighted by Gasteiger charge is -2.03. The molecular weight excluding hydrogens is 149 g/mol. The van der Waals surface area contributed by atoms with Crippen molar-refractivity contribution in [1.29, 1.82) is 0 Å². The van der Waals surface area contributed by atoms with Crippen molar-refractivity contribution in [2.24, 2.45) is 0 Å². The quantitative estimate of drug-likeness (QED) is 0.257. The van der Waals surface area contributed by atoms with Crippen molar-refractivity contribution in [3.8, 4) is 0 Å². The van der Waals surface area contributed by atoms with Gasteiger partial charge in [0.25, 0.3) is 0 Å². The number of carbonyl (C=O) groups is 1. The molecule has 0 aromatic carbocycles. The Morgan fingerprint density at radius 1 is 1.88 bits per heavy atom. The molecule has 0 heterocycles. The third kappa shape index (κ3) is 2.88. The first-order chi connectivity index (χ1) is 3.68. The molecule has 0 saturated carbocycles. The lowest BCUT2D eigenvalue weighted by molar-refractivity contribution is 0.248. The second-order valence-corrected chi connectivity index (χ2v) is 1.82. The Labute approximate surface area is 57.8 Å². The topological polar surface area (TPSA) is 20.3 Å². The van der Waals surface area contributed by atoms with E-state index in [0.29, 0.717) is 0 Å². The lowest BCUT2D eigenvalue weighted by Crippen LogP contribution is -2.13. The number of halogens is 2. The summed E-state index contributed by atoms with van der Waals surface area (Å²) < 4.78 is 0.828. The minimum Gasteiger partial charge on any atom is -0.254 e. The number of carbonyl (C=O) groups excluding carboxylic acids is 1. The molecule has 0 saturated heterocycles. The van der Waals surface area contributed by atoms with E-state index in [1.807, 2.05) is 0 Å². The van der Waals surface area contributed by atoms with Gasteiger partial charge in [-0.3, -0.25) is 4.79 Å². The molecule has 0 N–H and O–H groups in total. The van der Waals surface area contributed by atoms with Crippen LogP contribution in [-0.2, 0) is 0 Å². The predicted molar refractivity (Wildman–Crippen MR) is 34.0 cm³/mol. The summed E-state index contributed by atoms with van der Waals surface area (Å²) in [5.74, 6) is 0. The first kappa shape index (κ1) is 7.79. The number of amides is 1. The van der Waals surface area contributed by atoms with Gasteiger partial charge in [0.1, 0.15) is 0 Å². The van der Waals surface area contributed by atoms with Crippen molar-refractivity contribution in [1.82, 2.24) is 4.42 Å². The normalized spacial score (nSPS) is 8.25. The minimum absolute atomic E-state index is 0.268. The molecule has 0 aromatic rings. The van der Waals surface area contributed by atoms with E-state index in [1.54, 1.807) is 0 Å². The van der Waals surface area contributed by atoms with Gasteiger partial charge in [-0.05, 0) is 11.6 Å². The van der Waals surface area contributed by atoms with Crippen molar-refractivity contribution in [2.45, 2.75) is 0 Å². The van der Waals surface area contributed by atoms with Crippen LogP contribution in [0.25, 0.3) is 0 Å². The molecular formula is C4H5Cl2NO. The van der Waals surface area contributed by atoms with Crippen LogP contribution in [0.3, 0.4) is 0 Å². The molecule has 0 bridgehead atoms. The molecule has 0 fully saturated rings. The third-order valence-electron chi connectivity index (χ3n) is 0.480. The Hall–Kier alpha value is -0.210. The fourth-order valence-corrected chi connectivity index (χ4v) is 0.352. The molecule has 0 aliphatic carbocycles. The van der Waals surface area contributed by atoms with E-state index in [-0.39, 0.29) is 6.54 Å². The Morgan fingerprint density at radius 3 is 2.50 bits per heavy atom. The minimum atomic E-state index is -0.688. The number of hydrogen-bond donors (Lipinski definition) is 0. The third-order valence-corrected chi connectivity index (χ3v) is 1.06. The first-order valence-electron chi connectivity index (χ1n) is 1.92. The molecule has 1 amide bonds. The zero-order valence-corrected chi connectivity index (χ0v) is 5.61. The van der Waals surface area contributed by atoms with Crippen molar-refractivity contribution >= 4 is 28.7 Å². The molecule has 0 radical (unpaired) electrons. The zero-order valence-electron chi connectivity index (χ0n) is 4.10. The molecule has 0 spiro atoms. The van der Waals surface area contributed by atoms with Gasteiger partial charge in [0, 0.05) is 11.8 Å². The highest BCUT2D eigenvalue weighted by atomic mass is 35.5. The van der Waals surface area contributed by atoms with Crippen LogP contribution < -0.4 is 0 Å². The van der Waals surface area contributed by atoms with Gasteiger partial charge >= 0.3 is 5.37 Å². The summed E-state index contributed by atoms with van der Waals surface area (Å²) in [6.07, 6.45) is 1.48. The van der Waals surface area contributed by atoms with Gasteiger partial charge in [0.2, 0.25) is 0 Å². The van der Waals surface area contributed by atoms with Crippen LogP contribution in [0.1, 0.15) is 0 Å². The smallest absolute Gasteiger partial charge is 0.254 e. The summed E-state index contributed by atoms with van der Waals surface area (Å²) in [6, 6.07) is 0. The summed E-state index contributed by atoms with van der Waals surface area (Å²) in [5.41, 5.74) is 0. The summed E-state index contributed by atoms with van der Waals surface area (Å²) in [6.45, 7) is 3.61. The number of rotatable bonds is 2. The average molecular weight is 154 g/mol. The summed E-state index contributed by atoms with van der Waals surface area (Å²) in [4.78, 5) is 10.0. The molecule has 0 aliphatic heterocycles. The first-order valence-corrected chi connectivity index (χ1v) is 2.63. The molecule has 8 heavy (non-hydrogen) atoms. The van der Waals surface area contributed by atoms with Gasteiger partial charge in [-0.15, -0.1) is 6.58 Å². The Bertz CT molecular complexity index is 104. The van der Waals surface area contributed by atoms with Gasteiger partial charge in [0.15, 0.2) is 0 Å². The van der Waals surface area contributed by atoms with E-state index < -0.39 is 5.37 Å². The van der Waals surface area contributed by atoms with Crippen LogP contribution in [0.2, 0.25) is 0 Å². The highest BCUT2D eigenvalue weighted by molar-refractivity contribution is 6.65. The Morgan fingerprint density at radius 2 is 2.38 bits per heavy atom. The van der Waals surface area contributed by atoms with Crippen LogP contribution in [0.15, 0.2) is 12.7 Å². The standard InChI is InChI=1S/C4H5Cl2NO/c1-2-3-7(6)4(5)8/h2H,1,3H2. The van der Waals surface area contributed by atoms with Gasteiger partial charge in [0.05, 0.1) is 6.54 Å². The van der Waals surface area contributed by atoms with E-state index in [9.17, 15) is 4.79 Å². The van der Waals surface area contributed by atoms with Gasteiger partial charge in [-0.2, -0.15) is 0 Å². The van der Waals surface area contributed by atoms with E-state index in [1.165, 1.54) is 6.08 Å². The van der Waals surface area contributed by atoms with Gasteiger partial charge in [-0.1, -0.05) is 6.08 Å². The van der Waals surface area contributed by atoms with Crippen LogP contribution in [0.4, 0.5) is 4.79 Å². The van der Waals surface area contributed by atoms with E-state index >= 15 is 0 Å². The molecule has 0 aliphatic rings. The van der Waals surface area contributed by atoms with Crippen LogP contribution in [-0.4, -0.2) is 16.3 Å².